The molecular formula is C14H15F3N2O4. The van der Waals surface area contributed by atoms with Gasteiger partial charge in [0, 0.05) is 25.1 Å². The third-order valence-corrected chi connectivity index (χ3v) is 4.50. The van der Waals surface area contributed by atoms with Gasteiger partial charge in [-0.1, -0.05) is 5.16 Å². The molecule has 1 aromatic heterocycles. The molecule has 1 fully saturated rings. The molecule has 1 aliphatic heterocycles. The van der Waals surface area contributed by atoms with Crippen molar-refractivity contribution in [3.05, 3.63) is 17.0 Å². The van der Waals surface area contributed by atoms with Gasteiger partial charge in [-0.05, 0) is 19.3 Å². The molecule has 0 bridgehead atoms. The first-order chi connectivity index (χ1) is 10.8. The topological polar surface area (TPSA) is 83.6 Å². The number of aryl methyl sites for hydroxylation is 1. The third kappa shape index (κ3) is 2.79. The number of hydrogen-bond acceptors (Lipinski definition) is 4. The number of halogens is 3. The number of rotatable bonds is 2. The summed E-state index contributed by atoms with van der Waals surface area (Å²) in [6, 6.07) is 0. The molecule has 2 aliphatic rings. The summed E-state index contributed by atoms with van der Waals surface area (Å²) in [5.41, 5.74) is 0.662. The van der Waals surface area contributed by atoms with Gasteiger partial charge in [-0.25, -0.2) is 0 Å². The fourth-order valence-corrected chi connectivity index (χ4v) is 3.25. The molecule has 126 valence electrons. The number of nitrogens with zero attached hydrogens (tertiary/aromatic N) is 2. The molecule has 6 nitrogen and oxygen atoms in total. The van der Waals surface area contributed by atoms with E-state index in [0.29, 0.717) is 24.2 Å². The van der Waals surface area contributed by atoms with Crippen LogP contribution in [0.3, 0.4) is 0 Å². The standard InChI is InChI=1S/C14H15F3N2O4/c15-14(16,17)9-6-19(5-8(9)13(21)22)12(20)11-7-3-1-2-4-10(7)23-18-11/h8-9H,1-6H2,(H,21,22)/t8-,9-/m1/s1. The normalized spacial score (nSPS) is 24.6. The van der Waals surface area contributed by atoms with Gasteiger partial charge in [0.05, 0.1) is 11.8 Å². The molecule has 1 saturated heterocycles. The Morgan fingerprint density at radius 2 is 1.91 bits per heavy atom. The highest BCUT2D eigenvalue weighted by Crippen LogP contribution is 2.38. The van der Waals surface area contributed by atoms with Crippen molar-refractivity contribution < 1.29 is 32.4 Å². The Morgan fingerprint density at radius 3 is 2.52 bits per heavy atom. The van der Waals surface area contributed by atoms with E-state index in [2.05, 4.69) is 5.16 Å². The van der Waals surface area contributed by atoms with Gasteiger partial charge in [0.25, 0.3) is 5.91 Å². The van der Waals surface area contributed by atoms with Crippen LogP contribution >= 0.6 is 0 Å². The predicted molar refractivity (Wildman–Crippen MR) is 69.7 cm³/mol. The number of carboxylic acid groups (broad SMARTS) is 1. The fraction of sp³-hybridized carbons (Fsp3) is 0.643. The summed E-state index contributed by atoms with van der Waals surface area (Å²) in [7, 11) is 0. The van der Waals surface area contributed by atoms with Gasteiger partial charge in [0.1, 0.15) is 5.76 Å². The lowest BCUT2D eigenvalue weighted by molar-refractivity contribution is -0.187. The number of aromatic nitrogens is 1. The second kappa shape index (κ2) is 5.54. The van der Waals surface area contributed by atoms with E-state index in [0.717, 1.165) is 17.7 Å². The van der Waals surface area contributed by atoms with Crippen molar-refractivity contribution >= 4 is 11.9 Å². The van der Waals surface area contributed by atoms with E-state index in [1.54, 1.807) is 0 Å². The van der Waals surface area contributed by atoms with Crippen LogP contribution in [0.5, 0.6) is 0 Å². The van der Waals surface area contributed by atoms with E-state index in [1.807, 2.05) is 0 Å². The Labute approximate surface area is 129 Å². The number of carbonyl (C=O) groups is 2. The molecule has 9 heteroatoms. The number of likely N-dealkylation sites (tertiary alicyclic amines) is 1. The van der Waals surface area contributed by atoms with Crippen LogP contribution in [0.25, 0.3) is 0 Å². The maximum Gasteiger partial charge on any atom is 0.394 e. The summed E-state index contributed by atoms with van der Waals surface area (Å²) >= 11 is 0. The summed E-state index contributed by atoms with van der Waals surface area (Å²) < 4.78 is 44.1. The lowest BCUT2D eigenvalue weighted by Crippen LogP contribution is -2.34. The maximum atomic E-state index is 13.0. The van der Waals surface area contributed by atoms with Crippen molar-refractivity contribution in [2.24, 2.45) is 11.8 Å². The van der Waals surface area contributed by atoms with Crippen molar-refractivity contribution in [2.45, 2.75) is 31.9 Å². The van der Waals surface area contributed by atoms with Crippen LogP contribution < -0.4 is 0 Å². The van der Waals surface area contributed by atoms with Gasteiger partial charge < -0.3 is 14.5 Å². The minimum absolute atomic E-state index is 0.0201. The summed E-state index contributed by atoms with van der Waals surface area (Å²) in [4.78, 5) is 24.5. The molecule has 0 aromatic carbocycles. The van der Waals surface area contributed by atoms with Gasteiger partial charge in [-0.3, -0.25) is 9.59 Å². The van der Waals surface area contributed by atoms with E-state index in [1.165, 1.54) is 0 Å². The van der Waals surface area contributed by atoms with Crippen LogP contribution in [0.2, 0.25) is 0 Å². The second-order valence-corrected chi connectivity index (χ2v) is 5.94. The number of aliphatic carboxylic acids is 1. The summed E-state index contributed by atoms with van der Waals surface area (Å²) in [6.07, 6.45) is -1.65. The van der Waals surface area contributed by atoms with Crippen LogP contribution in [-0.4, -0.2) is 46.3 Å². The summed E-state index contributed by atoms with van der Waals surface area (Å²) in [5, 5.41) is 12.7. The van der Waals surface area contributed by atoms with Crippen molar-refractivity contribution in [3.8, 4) is 0 Å². The molecule has 0 saturated carbocycles. The summed E-state index contributed by atoms with van der Waals surface area (Å²) in [5.74, 6) is -5.35. The molecule has 1 N–H and O–H groups in total. The minimum Gasteiger partial charge on any atom is -0.481 e. The highest BCUT2D eigenvalue weighted by Gasteiger charge is 2.54. The molecule has 1 aliphatic carbocycles. The largest absolute Gasteiger partial charge is 0.481 e. The number of fused-ring (bicyclic) bond motifs is 1. The van der Waals surface area contributed by atoms with Crippen LogP contribution in [-0.2, 0) is 17.6 Å². The van der Waals surface area contributed by atoms with E-state index in [9.17, 15) is 22.8 Å². The average Bonchev–Trinajstić information content (AvgIpc) is 3.10. The van der Waals surface area contributed by atoms with Gasteiger partial charge in [-0.15, -0.1) is 0 Å². The molecule has 1 aromatic rings. The van der Waals surface area contributed by atoms with Crippen molar-refractivity contribution in [1.29, 1.82) is 0 Å². The Bertz CT molecular complexity index is 640. The number of carboxylic acids is 1. The monoisotopic (exact) mass is 332 g/mol. The molecule has 0 spiro atoms. The third-order valence-electron chi connectivity index (χ3n) is 4.50. The Balaban J connectivity index is 1.84. The van der Waals surface area contributed by atoms with Gasteiger partial charge in [0.2, 0.25) is 0 Å². The van der Waals surface area contributed by atoms with Crippen molar-refractivity contribution in [1.82, 2.24) is 10.1 Å². The average molecular weight is 332 g/mol. The lowest BCUT2D eigenvalue weighted by Gasteiger charge is -2.18. The zero-order valence-electron chi connectivity index (χ0n) is 12.1. The van der Waals surface area contributed by atoms with Crippen LogP contribution in [0, 0.1) is 11.8 Å². The smallest absolute Gasteiger partial charge is 0.394 e. The molecule has 1 amide bonds. The first kappa shape index (κ1) is 15.8. The highest BCUT2D eigenvalue weighted by molar-refractivity contribution is 5.94. The van der Waals surface area contributed by atoms with Crippen LogP contribution in [0.1, 0.15) is 34.7 Å². The Kier molecular flexibility index (Phi) is 3.81. The maximum absolute atomic E-state index is 13.0. The number of amides is 1. The van der Waals surface area contributed by atoms with Crippen LogP contribution in [0.4, 0.5) is 13.2 Å². The lowest BCUT2D eigenvalue weighted by atomic mass is 9.96. The van der Waals surface area contributed by atoms with Crippen molar-refractivity contribution in [3.63, 3.8) is 0 Å². The number of hydrogen-bond donors (Lipinski definition) is 1. The zero-order chi connectivity index (χ0) is 16.8. The Hall–Kier alpha value is -2.06. The highest BCUT2D eigenvalue weighted by atomic mass is 19.4. The van der Waals surface area contributed by atoms with E-state index in [-0.39, 0.29) is 5.69 Å². The molecule has 2 heterocycles. The van der Waals surface area contributed by atoms with Gasteiger partial charge in [0.15, 0.2) is 5.69 Å². The van der Waals surface area contributed by atoms with Crippen LogP contribution in [0.15, 0.2) is 4.52 Å². The predicted octanol–water partition coefficient (Wildman–Crippen LogP) is 1.89. The van der Waals surface area contributed by atoms with E-state index < -0.39 is 43.0 Å². The van der Waals surface area contributed by atoms with E-state index in [4.69, 9.17) is 9.63 Å². The Morgan fingerprint density at radius 1 is 1.22 bits per heavy atom. The second-order valence-electron chi connectivity index (χ2n) is 5.94. The van der Waals surface area contributed by atoms with Crippen molar-refractivity contribution in [2.75, 3.05) is 13.1 Å². The van der Waals surface area contributed by atoms with E-state index >= 15 is 0 Å². The fourth-order valence-electron chi connectivity index (χ4n) is 3.25. The molecule has 0 radical (unpaired) electrons. The first-order valence-electron chi connectivity index (χ1n) is 7.35. The SMILES string of the molecule is O=C(O)[C@@H]1CN(C(=O)c2noc3c2CCCC3)C[C@H]1C(F)(F)F. The summed E-state index contributed by atoms with van der Waals surface area (Å²) in [6.45, 7) is -1.14. The molecule has 3 rings (SSSR count). The minimum atomic E-state index is -4.67. The van der Waals surface area contributed by atoms with Gasteiger partial charge >= 0.3 is 12.1 Å². The first-order valence-corrected chi connectivity index (χ1v) is 7.35. The number of carbonyl (C=O) groups excluding carboxylic acids is 1. The molecule has 0 unspecified atom stereocenters. The van der Waals surface area contributed by atoms with Gasteiger partial charge in [-0.2, -0.15) is 13.2 Å². The molecule has 23 heavy (non-hydrogen) atoms. The quantitative estimate of drug-likeness (QED) is 0.894. The molecule has 2 atom stereocenters. The zero-order valence-corrected chi connectivity index (χ0v) is 12.1. The molecular weight excluding hydrogens is 317 g/mol. The number of alkyl halides is 3.